The molecule has 0 aliphatic rings. The number of carboxylic acids is 2. The maximum atomic E-state index is 10.1. The van der Waals surface area contributed by atoms with E-state index in [1.165, 1.54) is 0 Å². The summed E-state index contributed by atoms with van der Waals surface area (Å²) in [5, 5.41) is 16.5. The lowest BCUT2D eigenvalue weighted by Crippen LogP contribution is -2.07. The summed E-state index contributed by atoms with van der Waals surface area (Å²) in [6.45, 7) is 0.102. The standard InChI is InChI=1S/C8H14O5.CH4/c9-7(10)4-2-1-3-5-13-6-8(11)12;/h1-6H2,(H,9,10)(H,11,12);1H4. The average molecular weight is 206 g/mol. The minimum Gasteiger partial charge on any atom is -0.481 e. The third kappa shape index (κ3) is 13.5. The molecule has 0 aromatic heterocycles. The Hall–Kier alpha value is -1.10. The second-order valence-electron chi connectivity index (χ2n) is 2.65. The zero-order valence-corrected chi connectivity index (χ0v) is 7.36. The third-order valence-electron chi connectivity index (χ3n) is 1.40. The van der Waals surface area contributed by atoms with Gasteiger partial charge in [-0.05, 0) is 12.8 Å². The van der Waals surface area contributed by atoms with E-state index in [0.717, 1.165) is 6.42 Å². The van der Waals surface area contributed by atoms with E-state index in [1.807, 2.05) is 0 Å². The van der Waals surface area contributed by atoms with Crippen molar-refractivity contribution in [2.75, 3.05) is 13.2 Å². The van der Waals surface area contributed by atoms with Crippen LogP contribution in [0.15, 0.2) is 0 Å². The quantitative estimate of drug-likeness (QED) is 0.586. The lowest BCUT2D eigenvalue weighted by Gasteiger charge is -1.99. The van der Waals surface area contributed by atoms with Gasteiger partial charge in [0.15, 0.2) is 0 Å². The van der Waals surface area contributed by atoms with E-state index in [9.17, 15) is 9.59 Å². The van der Waals surface area contributed by atoms with Crippen LogP contribution in [-0.2, 0) is 14.3 Å². The number of ether oxygens (including phenoxy) is 1. The molecule has 0 spiro atoms. The summed E-state index contributed by atoms with van der Waals surface area (Å²) in [5.41, 5.74) is 0. The maximum Gasteiger partial charge on any atom is 0.329 e. The lowest BCUT2D eigenvalue weighted by atomic mass is 10.2. The van der Waals surface area contributed by atoms with Crippen molar-refractivity contribution in [1.29, 1.82) is 0 Å². The molecule has 0 bridgehead atoms. The van der Waals surface area contributed by atoms with E-state index in [0.29, 0.717) is 19.4 Å². The number of carbonyl (C=O) groups is 2. The molecule has 0 aliphatic heterocycles. The van der Waals surface area contributed by atoms with E-state index in [4.69, 9.17) is 14.9 Å². The zero-order valence-electron chi connectivity index (χ0n) is 7.36. The Morgan fingerprint density at radius 1 is 1.00 bits per heavy atom. The van der Waals surface area contributed by atoms with Crippen LogP contribution < -0.4 is 0 Å². The first-order valence-electron chi connectivity index (χ1n) is 4.14. The summed E-state index contributed by atoms with van der Waals surface area (Å²) in [6, 6.07) is 0. The number of carboxylic acid groups (broad SMARTS) is 2. The van der Waals surface area contributed by atoms with E-state index in [-0.39, 0.29) is 20.5 Å². The monoisotopic (exact) mass is 206 g/mol. The predicted molar refractivity (Wildman–Crippen MR) is 51.3 cm³/mol. The SMILES string of the molecule is C.O=C(O)CCCCCOCC(=O)O. The van der Waals surface area contributed by atoms with Gasteiger partial charge < -0.3 is 14.9 Å². The first-order valence-corrected chi connectivity index (χ1v) is 4.14. The summed E-state index contributed by atoms with van der Waals surface area (Å²) < 4.78 is 4.76. The number of hydrogen-bond acceptors (Lipinski definition) is 3. The smallest absolute Gasteiger partial charge is 0.329 e. The topological polar surface area (TPSA) is 83.8 Å². The highest BCUT2D eigenvalue weighted by Gasteiger charge is 1.98. The second kappa shape index (κ2) is 9.98. The Bertz CT molecular complexity index is 149. The molecule has 0 heterocycles. The maximum absolute atomic E-state index is 10.1. The van der Waals surface area contributed by atoms with Gasteiger partial charge in [-0.3, -0.25) is 4.79 Å². The highest BCUT2D eigenvalue weighted by atomic mass is 16.5. The average Bonchev–Trinajstić information content (AvgIpc) is 2.01. The van der Waals surface area contributed by atoms with Gasteiger partial charge in [0.05, 0.1) is 0 Å². The summed E-state index contributed by atoms with van der Waals surface area (Å²) in [6.07, 6.45) is 2.25. The molecule has 5 heteroatoms. The van der Waals surface area contributed by atoms with Crippen LogP contribution in [0, 0.1) is 0 Å². The summed E-state index contributed by atoms with van der Waals surface area (Å²) >= 11 is 0. The van der Waals surface area contributed by atoms with E-state index in [2.05, 4.69) is 0 Å². The van der Waals surface area contributed by atoms with Gasteiger partial charge in [-0.25, -0.2) is 4.79 Å². The highest BCUT2D eigenvalue weighted by molar-refractivity contribution is 5.68. The largest absolute Gasteiger partial charge is 0.481 e. The van der Waals surface area contributed by atoms with Crippen LogP contribution in [0.1, 0.15) is 33.1 Å². The second-order valence-corrected chi connectivity index (χ2v) is 2.65. The fraction of sp³-hybridized carbons (Fsp3) is 0.778. The van der Waals surface area contributed by atoms with Gasteiger partial charge in [0, 0.05) is 13.0 Å². The Morgan fingerprint density at radius 2 is 1.64 bits per heavy atom. The van der Waals surface area contributed by atoms with Crippen molar-refractivity contribution in [1.82, 2.24) is 0 Å². The molecule has 0 aromatic rings. The van der Waals surface area contributed by atoms with E-state index in [1.54, 1.807) is 0 Å². The van der Waals surface area contributed by atoms with Crippen molar-refractivity contribution in [3.05, 3.63) is 0 Å². The van der Waals surface area contributed by atoms with Gasteiger partial charge >= 0.3 is 11.9 Å². The number of aliphatic carboxylic acids is 2. The molecule has 14 heavy (non-hydrogen) atoms. The van der Waals surface area contributed by atoms with Crippen molar-refractivity contribution in [2.45, 2.75) is 33.1 Å². The van der Waals surface area contributed by atoms with Crippen LogP contribution in [-0.4, -0.2) is 35.4 Å². The lowest BCUT2D eigenvalue weighted by molar-refractivity contribution is -0.142. The van der Waals surface area contributed by atoms with Crippen LogP contribution in [0.4, 0.5) is 0 Å². The van der Waals surface area contributed by atoms with Gasteiger partial charge in [-0.15, -0.1) is 0 Å². The van der Waals surface area contributed by atoms with Crippen LogP contribution in [0.25, 0.3) is 0 Å². The fourth-order valence-corrected chi connectivity index (χ4v) is 0.817. The minimum absolute atomic E-state index is 0. The summed E-state index contributed by atoms with van der Waals surface area (Å²) in [5.74, 6) is -1.78. The Morgan fingerprint density at radius 3 is 2.14 bits per heavy atom. The molecular weight excluding hydrogens is 188 g/mol. The third-order valence-corrected chi connectivity index (χ3v) is 1.40. The predicted octanol–water partition coefficient (Wildman–Crippen LogP) is 1.37. The summed E-state index contributed by atoms with van der Waals surface area (Å²) in [7, 11) is 0. The van der Waals surface area contributed by atoms with Crippen LogP contribution >= 0.6 is 0 Å². The number of hydrogen-bond donors (Lipinski definition) is 2. The van der Waals surface area contributed by atoms with Crippen molar-refractivity contribution < 1.29 is 24.5 Å². The van der Waals surface area contributed by atoms with Crippen LogP contribution in [0.5, 0.6) is 0 Å². The fourth-order valence-electron chi connectivity index (χ4n) is 0.817. The van der Waals surface area contributed by atoms with Crippen molar-refractivity contribution in [3.8, 4) is 0 Å². The Labute approximate surface area is 83.7 Å². The van der Waals surface area contributed by atoms with Crippen LogP contribution in [0.2, 0.25) is 0 Å². The van der Waals surface area contributed by atoms with Gasteiger partial charge in [-0.2, -0.15) is 0 Å². The molecule has 0 amide bonds. The first-order chi connectivity index (χ1) is 6.13. The zero-order chi connectivity index (χ0) is 10.1. The molecule has 0 saturated carbocycles. The van der Waals surface area contributed by atoms with E-state index < -0.39 is 11.9 Å². The Kier molecular flexibility index (Phi) is 11.0. The molecule has 0 rings (SSSR count). The Balaban J connectivity index is 0. The van der Waals surface area contributed by atoms with Gasteiger partial charge in [0.2, 0.25) is 0 Å². The summed E-state index contributed by atoms with van der Waals surface area (Å²) in [4.78, 5) is 20.0. The molecule has 0 unspecified atom stereocenters. The normalized spacial score (nSPS) is 9.14. The molecule has 0 radical (unpaired) electrons. The molecular formula is C9H18O5. The van der Waals surface area contributed by atoms with Crippen LogP contribution in [0.3, 0.4) is 0 Å². The van der Waals surface area contributed by atoms with Gasteiger partial charge in [0.1, 0.15) is 6.61 Å². The van der Waals surface area contributed by atoms with Gasteiger partial charge in [-0.1, -0.05) is 13.8 Å². The van der Waals surface area contributed by atoms with Crippen molar-refractivity contribution >= 4 is 11.9 Å². The van der Waals surface area contributed by atoms with E-state index >= 15 is 0 Å². The molecule has 0 saturated heterocycles. The molecule has 5 nitrogen and oxygen atoms in total. The van der Waals surface area contributed by atoms with Gasteiger partial charge in [0.25, 0.3) is 0 Å². The van der Waals surface area contributed by atoms with Crippen molar-refractivity contribution in [3.63, 3.8) is 0 Å². The molecule has 0 fully saturated rings. The molecule has 84 valence electrons. The molecule has 0 atom stereocenters. The molecule has 0 aliphatic carbocycles. The molecule has 2 N–H and O–H groups in total. The number of unbranched alkanes of at least 4 members (excludes halogenated alkanes) is 2. The molecule has 0 aromatic carbocycles. The highest BCUT2D eigenvalue weighted by Crippen LogP contribution is 1.99. The first kappa shape index (κ1) is 15.4. The minimum atomic E-state index is -0.981. The number of rotatable bonds is 8. The van der Waals surface area contributed by atoms with Crippen molar-refractivity contribution in [2.24, 2.45) is 0 Å².